The highest BCUT2D eigenvalue weighted by Crippen LogP contribution is 2.35. The van der Waals surface area contributed by atoms with E-state index < -0.39 is 0 Å². The van der Waals surface area contributed by atoms with Gasteiger partial charge in [-0.3, -0.25) is 9.59 Å². The molecule has 5 nitrogen and oxygen atoms in total. The lowest BCUT2D eigenvalue weighted by atomic mass is 9.97. The third-order valence-corrected chi connectivity index (χ3v) is 5.55. The molecule has 0 spiro atoms. The Morgan fingerprint density at radius 3 is 2.85 bits per heavy atom. The summed E-state index contributed by atoms with van der Waals surface area (Å²) in [7, 11) is 0. The maximum Gasteiger partial charge on any atom is 0.257 e. The van der Waals surface area contributed by atoms with E-state index in [4.69, 9.17) is 11.6 Å². The molecule has 2 aromatic rings. The summed E-state index contributed by atoms with van der Waals surface area (Å²) in [5, 5.41) is 3.44. The minimum atomic E-state index is -0.213. The fraction of sp³-hybridized carbons (Fsp3) is 0.333. The third-order valence-electron chi connectivity index (χ3n) is 5.31. The van der Waals surface area contributed by atoms with Gasteiger partial charge in [-0.2, -0.15) is 0 Å². The molecule has 27 heavy (non-hydrogen) atoms. The fourth-order valence-electron chi connectivity index (χ4n) is 4.03. The third kappa shape index (κ3) is 3.28. The molecular formula is C21H22ClN3O2. The van der Waals surface area contributed by atoms with Crippen LogP contribution in [0.1, 0.15) is 46.9 Å². The summed E-state index contributed by atoms with van der Waals surface area (Å²) < 4.78 is 0. The summed E-state index contributed by atoms with van der Waals surface area (Å²) in [6.45, 7) is 3.68. The van der Waals surface area contributed by atoms with Gasteiger partial charge >= 0.3 is 0 Å². The normalized spacial score (nSPS) is 18.7. The molecule has 2 heterocycles. The smallest absolute Gasteiger partial charge is 0.257 e. The number of carbonyl (C=O) groups is 2. The van der Waals surface area contributed by atoms with Gasteiger partial charge in [-0.05, 0) is 62.6 Å². The second-order valence-corrected chi connectivity index (χ2v) is 7.39. The van der Waals surface area contributed by atoms with Crippen molar-refractivity contribution in [1.29, 1.82) is 0 Å². The van der Waals surface area contributed by atoms with E-state index in [0.29, 0.717) is 21.8 Å². The van der Waals surface area contributed by atoms with Gasteiger partial charge in [-0.1, -0.05) is 17.7 Å². The molecule has 6 heteroatoms. The van der Waals surface area contributed by atoms with E-state index in [-0.39, 0.29) is 18.0 Å². The van der Waals surface area contributed by atoms with Crippen LogP contribution in [0, 0.1) is 0 Å². The topological polar surface area (TPSA) is 52.7 Å². The van der Waals surface area contributed by atoms with E-state index in [1.807, 2.05) is 11.0 Å². The van der Waals surface area contributed by atoms with E-state index in [1.165, 1.54) is 0 Å². The van der Waals surface area contributed by atoms with E-state index in [2.05, 4.69) is 17.1 Å². The van der Waals surface area contributed by atoms with Gasteiger partial charge in [0.2, 0.25) is 0 Å². The first-order chi connectivity index (χ1) is 13.1. The monoisotopic (exact) mass is 383 g/mol. The van der Waals surface area contributed by atoms with Crippen LogP contribution in [-0.4, -0.2) is 36.0 Å². The van der Waals surface area contributed by atoms with E-state index in [0.717, 1.165) is 38.0 Å². The Balaban J connectivity index is 1.66. The summed E-state index contributed by atoms with van der Waals surface area (Å²) in [4.78, 5) is 29.8. The first kappa shape index (κ1) is 17.9. The number of hydrogen-bond donors (Lipinski definition) is 1. The van der Waals surface area contributed by atoms with Crippen LogP contribution in [0.25, 0.3) is 0 Å². The van der Waals surface area contributed by atoms with Gasteiger partial charge in [-0.15, -0.1) is 0 Å². The van der Waals surface area contributed by atoms with Gasteiger partial charge in [0.05, 0.1) is 11.3 Å². The average molecular weight is 384 g/mol. The molecule has 1 N–H and O–H groups in total. The van der Waals surface area contributed by atoms with Crippen molar-refractivity contribution in [2.45, 2.75) is 32.4 Å². The number of benzene rings is 2. The van der Waals surface area contributed by atoms with Crippen LogP contribution in [0.3, 0.4) is 0 Å². The standard InChI is InChI=1S/C21H22ClN3O2/c1-2-24-18-12-14(20(26)23-16-7-5-6-15(22)13-16)9-10-17(18)21(27)25-11-4-3-8-19(24)25/h5-7,9-10,12-13,19H,2-4,8,11H2,1H3,(H,23,26). The highest BCUT2D eigenvalue weighted by molar-refractivity contribution is 6.31. The number of piperidine rings is 1. The molecule has 0 aliphatic carbocycles. The molecule has 4 rings (SSSR count). The summed E-state index contributed by atoms with van der Waals surface area (Å²) >= 11 is 5.99. The summed E-state index contributed by atoms with van der Waals surface area (Å²) in [6, 6.07) is 12.4. The minimum Gasteiger partial charge on any atom is -0.351 e. The Labute approximate surface area is 163 Å². The predicted octanol–water partition coefficient (Wildman–Crippen LogP) is 4.38. The highest BCUT2D eigenvalue weighted by atomic mass is 35.5. The molecule has 2 aliphatic heterocycles. The molecule has 2 amide bonds. The van der Waals surface area contributed by atoms with Crippen molar-refractivity contribution in [2.75, 3.05) is 23.3 Å². The van der Waals surface area contributed by atoms with Crippen molar-refractivity contribution in [3.8, 4) is 0 Å². The van der Waals surface area contributed by atoms with Crippen molar-refractivity contribution < 1.29 is 9.59 Å². The zero-order chi connectivity index (χ0) is 19.0. The van der Waals surface area contributed by atoms with Crippen LogP contribution in [0.4, 0.5) is 11.4 Å². The summed E-state index contributed by atoms with van der Waals surface area (Å²) in [6.07, 6.45) is 3.23. The maximum absolute atomic E-state index is 12.9. The summed E-state index contributed by atoms with van der Waals surface area (Å²) in [5.41, 5.74) is 2.70. The van der Waals surface area contributed by atoms with Crippen molar-refractivity contribution in [1.82, 2.24) is 4.90 Å². The number of rotatable bonds is 3. The number of amides is 2. The first-order valence-electron chi connectivity index (χ1n) is 9.37. The van der Waals surface area contributed by atoms with Crippen molar-refractivity contribution in [3.05, 3.63) is 58.6 Å². The highest BCUT2D eigenvalue weighted by Gasteiger charge is 2.38. The Hall–Kier alpha value is -2.53. The van der Waals surface area contributed by atoms with Gasteiger partial charge in [0.15, 0.2) is 0 Å². The molecule has 0 aromatic heterocycles. The molecule has 2 aromatic carbocycles. The number of halogens is 1. The van der Waals surface area contributed by atoms with E-state index in [9.17, 15) is 9.59 Å². The van der Waals surface area contributed by atoms with Crippen LogP contribution in [0.15, 0.2) is 42.5 Å². The molecule has 2 aliphatic rings. The number of nitrogens with one attached hydrogen (secondary N) is 1. The Kier molecular flexibility index (Phi) is 4.79. The molecule has 140 valence electrons. The quantitative estimate of drug-likeness (QED) is 0.855. The predicted molar refractivity (Wildman–Crippen MR) is 108 cm³/mol. The van der Waals surface area contributed by atoms with Gasteiger partial charge in [-0.25, -0.2) is 0 Å². The van der Waals surface area contributed by atoms with Crippen LogP contribution in [-0.2, 0) is 0 Å². The number of nitrogens with zero attached hydrogens (tertiary/aromatic N) is 2. The Morgan fingerprint density at radius 1 is 1.22 bits per heavy atom. The number of carbonyl (C=O) groups excluding carboxylic acids is 2. The maximum atomic E-state index is 12.9. The molecule has 0 radical (unpaired) electrons. The second-order valence-electron chi connectivity index (χ2n) is 6.96. The van der Waals surface area contributed by atoms with E-state index in [1.54, 1.807) is 36.4 Å². The average Bonchev–Trinajstić information content (AvgIpc) is 2.68. The first-order valence-corrected chi connectivity index (χ1v) is 9.75. The molecule has 0 bridgehead atoms. The van der Waals surface area contributed by atoms with Crippen molar-refractivity contribution >= 4 is 34.8 Å². The van der Waals surface area contributed by atoms with Gasteiger partial charge in [0, 0.05) is 29.4 Å². The van der Waals surface area contributed by atoms with Gasteiger partial charge in [0.25, 0.3) is 11.8 Å². The van der Waals surface area contributed by atoms with Crippen molar-refractivity contribution in [3.63, 3.8) is 0 Å². The second kappa shape index (κ2) is 7.24. The zero-order valence-electron chi connectivity index (χ0n) is 15.2. The SMILES string of the molecule is CCN1c2cc(C(=O)Nc3cccc(Cl)c3)ccc2C(=O)N2CCCCC21. The van der Waals surface area contributed by atoms with Crippen LogP contribution in [0.5, 0.6) is 0 Å². The van der Waals surface area contributed by atoms with Crippen LogP contribution >= 0.6 is 11.6 Å². The lowest BCUT2D eigenvalue weighted by Gasteiger charge is -2.47. The van der Waals surface area contributed by atoms with Crippen molar-refractivity contribution in [2.24, 2.45) is 0 Å². The number of fused-ring (bicyclic) bond motifs is 2. The lowest BCUT2D eigenvalue weighted by Crippen LogP contribution is -2.57. The lowest BCUT2D eigenvalue weighted by molar-refractivity contribution is 0.0582. The van der Waals surface area contributed by atoms with Gasteiger partial charge in [0.1, 0.15) is 6.17 Å². The molecule has 1 unspecified atom stereocenters. The fourth-order valence-corrected chi connectivity index (χ4v) is 4.22. The largest absolute Gasteiger partial charge is 0.351 e. The summed E-state index contributed by atoms with van der Waals surface area (Å²) in [5.74, 6) is -0.143. The Morgan fingerprint density at radius 2 is 2.07 bits per heavy atom. The van der Waals surface area contributed by atoms with E-state index >= 15 is 0 Å². The Bertz CT molecular complexity index is 899. The zero-order valence-corrected chi connectivity index (χ0v) is 16.0. The molecule has 1 saturated heterocycles. The molecule has 0 saturated carbocycles. The minimum absolute atomic E-state index is 0.0706. The number of anilines is 2. The van der Waals surface area contributed by atoms with Gasteiger partial charge < -0.3 is 15.1 Å². The van der Waals surface area contributed by atoms with Crippen LogP contribution in [0.2, 0.25) is 5.02 Å². The van der Waals surface area contributed by atoms with Crippen LogP contribution < -0.4 is 10.2 Å². The number of hydrogen-bond acceptors (Lipinski definition) is 3. The molecule has 1 fully saturated rings. The molecular weight excluding hydrogens is 362 g/mol. The molecule has 1 atom stereocenters.